The molecular weight excluding hydrogens is 306 g/mol. The Morgan fingerprint density at radius 1 is 0.913 bits per heavy atom. The Labute approximate surface area is 137 Å². The Morgan fingerprint density at radius 3 is 2.48 bits per heavy atom. The van der Waals surface area contributed by atoms with Crippen LogP contribution in [0.25, 0.3) is 27.8 Å². The zero-order valence-corrected chi connectivity index (χ0v) is 12.9. The Balaban J connectivity index is 2.00. The number of hydrogen-bond donors (Lipinski definition) is 2. The molecule has 0 spiro atoms. The molecule has 0 saturated carbocycles. The van der Waals surface area contributed by atoms with E-state index in [1.807, 2.05) is 71.3 Å². The van der Waals surface area contributed by atoms with Crippen LogP contribution in [-0.4, -0.2) is 19.9 Å². The monoisotopic (exact) mass is 319 g/mol. The summed E-state index contributed by atoms with van der Waals surface area (Å²) < 4.78 is 2.30. The van der Waals surface area contributed by atoms with Gasteiger partial charge in [0.25, 0.3) is 0 Å². The topological polar surface area (TPSA) is 53.8 Å². The number of aromatic amines is 1. The number of nitrogens with one attached hydrogen (secondary N) is 1. The van der Waals surface area contributed by atoms with Crippen LogP contribution in [0.15, 0.2) is 66.7 Å². The van der Waals surface area contributed by atoms with Gasteiger partial charge >= 0.3 is 0 Å². The number of hydrogen-bond acceptors (Lipinski definition) is 3. The van der Waals surface area contributed by atoms with E-state index in [-0.39, 0.29) is 5.75 Å². The molecule has 23 heavy (non-hydrogen) atoms. The third-order valence-electron chi connectivity index (χ3n) is 3.83. The maximum Gasteiger partial charge on any atom is 0.200 e. The van der Waals surface area contributed by atoms with Gasteiger partial charge in [-0.05, 0) is 35.8 Å². The first-order valence-corrected chi connectivity index (χ1v) is 7.60. The van der Waals surface area contributed by atoms with E-state index in [0.717, 1.165) is 16.5 Å². The fraction of sp³-hybridized carbons (Fsp3) is 0. The third-order valence-corrected chi connectivity index (χ3v) is 4.10. The Kier molecular flexibility index (Phi) is 3.20. The molecule has 3 aromatic carbocycles. The maximum atomic E-state index is 10.7. The van der Waals surface area contributed by atoms with Crippen molar-refractivity contribution in [3.05, 3.63) is 71.5 Å². The van der Waals surface area contributed by atoms with Crippen LogP contribution in [0.3, 0.4) is 0 Å². The highest BCUT2D eigenvalue weighted by molar-refractivity contribution is 7.71. The van der Waals surface area contributed by atoms with Gasteiger partial charge in [-0.3, -0.25) is 9.67 Å². The number of aromatic nitrogens is 3. The lowest BCUT2D eigenvalue weighted by molar-refractivity contribution is 0.483. The van der Waals surface area contributed by atoms with Gasteiger partial charge in [0.15, 0.2) is 10.6 Å². The third kappa shape index (κ3) is 2.22. The summed E-state index contributed by atoms with van der Waals surface area (Å²) in [7, 11) is 0. The average molecular weight is 319 g/mol. The fourth-order valence-corrected chi connectivity index (χ4v) is 2.97. The molecule has 0 unspecified atom stereocenters. The van der Waals surface area contributed by atoms with Crippen molar-refractivity contribution in [1.29, 1.82) is 0 Å². The first kappa shape index (κ1) is 13.7. The van der Waals surface area contributed by atoms with Gasteiger partial charge in [-0.15, -0.1) is 0 Å². The Morgan fingerprint density at radius 2 is 1.65 bits per heavy atom. The van der Waals surface area contributed by atoms with E-state index < -0.39 is 0 Å². The normalized spacial score (nSPS) is 11.0. The fourth-order valence-electron chi connectivity index (χ4n) is 2.73. The van der Waals surface area contributed by atoms with Gasteiger partial charge in [0.1, 0.15) is 5.75 Å². The van der Waals surface area contributed by atoms with Crippen molar-refractivity contribution < 1.29 is 5.11 Å². The summed E-state index contributed by atoms with van der Waals surface area (Å²) in [6.07, 6.45) is 0. The smallest absolute Gasteiger partial charge is 0.200 e. The van der Waals surface area contributed by atoms with Crippen LogP contribution >= 0.6 is 12.2 Å². The zero-order chi connectivity index (χ0) is 15.8. The number of phenolic OH excluding ortho intramolecular Hbond substituents is 1. The van der Waals surface area contributed by atoms with Crippen molar-refractivity contribution in [3.8, 4) is 22.8 Å². The maximum absolute atomic E-state index is 10.7. The van der Waals surface area contributed by atoms with Crippen LogP contribution in [0, 0.1) is 4.77 Å². The molecule has 4 rings (SSSR count). The molecule has 0 atom stereocenters. The number of aromatic hydroxyl groups is 1. The molecule has 0 aliphatic rings. The summed E-state index contributed by atoms with van der Waals surface area (Å²) in [5.41, 5.74) is 1.54. The molecule has 0 saturated heterocycles. The number of rotatable bonds is 2. The minimum absolute atomic E-state index is 0.203. The summed E-state index contributed by atoms with van der Waals surface area (Å²) in [5, 5.41) is 19.6. The van der Waals surface area contributed by atoms with E-state index >= 15 is 0 Å². The SMILES string of the molecule is Oc1c(-c2n[nH]c(=S)n2-c2ccccc2)ccc2ccccc12. The van der Waals surface area contributed by atoms with E-state index in [9.17, 15) is 5.11 Å². The van der Waals surface area contributed by atoms with E-state index in [4.69, 9.17) is 12.2 Å². The molecular formula is C18H13N3OS. The number of nitrogens with zero attached hydrogens (tertiary/aromatic N) is 2. The lowest BCUT2D eigenvalue weighted by Crippen LogP contribution is -1.97. The second-order valence-electron chi connectivity index (χ2n) is 5.21. The summed E-state index contributed by atoms with van der Waals surface area (Å²) in [6, 6.07) is 21.3. The molecule has 0 amide bonds. The number of H-pyrrole nitrogens is 1. The largest absolute Gasteiger partial charge is 0.507 e. The van der Waals surface area contributed by atoms with Crippen LogP contribution in [0.5, 0.6) is 5.75 Å². The Hall–Kier alpha value is -2.92. The molecule has 2 N–H and O–H groups in total. The minimum atomic E-state index is 0.203. The highest BCUT2D eigenvalue weighted by atomic mass is 32.1. The standard InChI is InChI=1S/C18H13N3OS/c22-16-14-9-5-4-6-12(14)10-11-15(16)17-19-20-18(23)21(17)13-7-2-1-3-8-13/h1-11,22H,(H,20,23). The second-order valence-corrected chi connectivity index (χ2v) is 5.59. The van der Waals surface area contributed by atoms with Gasteiger partial charge in [-0.2, -0.15) is 5.10 Å². The van der Waals surface area contributed by atoms with Crippen LogP contribution < -0.4 is 0 Å². The Bertz CT molecular complexity index is 1050. The van der Waals surface area contributed by atoms with Gasteiger partial charge in [-0.1, -0.05) is 48.5 Å². The molecule has 4 nitrogen and oxygen atoms in total. The van der Waals surface area contributed by atoms with E-state index in [1.165, 1.54) is 0 Å². The molecule has 112 valence electrons. The molecule has 0 aliphatic heterocycles. The first-order chi connectivity index (χ1) is 11.3. The second kappa shape index (κ2) is 5.37. The van der Waals surface area contributed by atoms with Gasteiger partial charge in [-0.25, -0.2) is 0 Å². The van der Waals surface area contributed by atoms with Crippen molar-refractivity contribution >= 4 is 23.0 Å². The lowest BCUT2D eigenvalue weighted by Gasteiger charge is -2.10. The minimum Gasteiger partial charge on any atom is -0.507 e. The van der Waals surface area contributed by atoms with E-state index in [1.54, 1.807) is 0 Å². The highest BCUT2D eigenvalue weighted by Gasteiger charge is 2.15. The summed E-state index contributed by atoms with van der Waals surface area (Å²) in [6.45, 7) is 0. The van der Waals surface area contributed by atoms with Crippen LogP contribution in [-0.2, 0) is 0 Å². The number of phenols is 1. The average Bonchev–Trinajstić information content (AvgIpc) is 2.98. The summed E-state index contributed by atoms with van der Waals surface area (Å²) >= 11 is 5.36. The predicted octanol–water partition coefficient (Wildman–Crippen LogP) is 4.46. The molecule has 1 aromatic heterocycles. The van der Waals surface area contributed by atoms with Crippen LogP contribution in [0.4, 0.5) is 0 Å². The lowest BCUT2D eigenvalue weighted by atomic mass is 10.0. The van der Waals surface area contributed by atoms with Crippen LogP contribution in [0.2, 0.25) is 0 Å². The number of fused-ring (bicyclic) bond motifs is 1. The molecule has 4 aromatic rings. The predicted molar refractivity (Wildman–Crippen MR) is 93.4 cm³/mol. The molecule has 0 bridgehead atoms. The van der Waals surface area contributed by atoms with Gasteiger partial charge in [0.05, 0.1) is 5.56 Å². The van der Waals surface area contributed by atoms with Crippen molar-refractivity contribution in [2.45, 2.75) is 0 Å². The van der Waals surface area contributed by atoms with Crippen molar-refractivity contribution in [2.24, 2.45) is 0 Å². The number of para-hydroxylation sites is 1. The molecule has 0 aliphatic carbocycles. The quantitative estimate of drug-likeness (QED) is 0.537. The first-order valence-electron chi connectivity index (χ1n) is 7.19. The molecule has 5 heteroatoms. The zero-order valence-electron chi connectivity index (χ0n) is 12.1. The van der Waals surface area contributed by atoms with Crippen molar-refractivity contribution in [2.75, 3.05) is 0 Å². The molecule has 0 fully saturated rings. The van der Waals surface area contributed by atoms with Crippen molar-refractivity contribution in [3.63, 3.8) is 0 Å². The van der Waals surface area contributed by atoms with Gasteiger partial charge in [0, 0.05) is 11.1 Å². The summed E-state index contributed by atoms with van der Waals surface area (Å²) in [5.74, 6) is 0.790. The van der Waals surface area contributed by atoms with Crippen LogP contribution in [0.1, 0.15) is 0 Å². The van der Waals surface area contributed by atoms with Crippen molar-refractivity contribution in [1.82, 2.24) is 14.8 Å². The van der Waals surface area contributed by atoms with Gasteiger partial charge in [0.2, 0.25) is 0 Å². The summed E-state index contributed by atoms with van der Waals surface area (Å²) in [4.78, 5) is 0. The van der Waals surface area contributed by atoms with E-state index in [2.05, 4.69) is 10.2 Å². The van der Waals surface area contributed by atoms with Gasteiger partial charge < -0.3 is 5.11 Å². The highest BCUT2D eigenvalue weighted by Crippen LogP contribution is 2.35. The molecule has 1 heterocycles. The molecule has 0 radical (unpaired) electrons. The number of benzene rings is 3. The van der Waals surface area contributed by atoms with E-state index in [0.29, 0.717) is 16.2 Å².